The predicted molar refractivity (Wildman–Crippen MR) is 136 cm³/mol. The fourth-order valence-corrected chi connectivity index (χ4v) is 6.60. The number of halogens is 1. The van der Waals surface area contributed by atoms with E-state index in [0.29, 0.717) is 52.9 Å². The highest BCUT2D eigenvalue weighted by atomic mass is 19.1. The van der Waals surface area contributed by atoms with Gasteiger partial charge >= 0.3 is 5.97 Å². The Kier molecular flexibility index (Phi) is 5.08. The van der Waals surface area contributed by atoms with Crippen LogP contribution in [0.5, 0.6) is 0 Å². The number of aryl methyl sites for hydroxylation is 1. The molecule has 1 fully saturated rings. The van der Waals surface area contributed by atoms with E-state index in [9.17, 15) is 23.9 Å². The Balaban J connectivity index is 1.45. The Morgan fingerprint density at radius 3 is 2.76 bits per heavy atom. The van der Waals surface area contributed by atoms with Gasteiger partial charge in [-0.05, 0) is 73.3 Å². The lowest BCUT2D eigenvalue weighted by atomic mass is 9.81. The number of benzene rings is 1. The highest BCUT2D eigenvalue weighted by molar-refractivity contribution is 5.94. The van der Waals surface area contributed by atoms with Gasteiger partial charge in [-0.3, -0.25) is 14.4 Å². The minimum Gasteiger partial charge on any atom is -0.460 e. The van der Waals surface area contributed by atoms with Crippen molar-refractivity contribution in [3.05, 3.63) is 61.7 Å². The molecule has 2 N–H and O–H groups in total. The van der Waals surface area contributed by atoms with E-state index < -0.39 is 24.0 Å². The molecule has 196 valence electrons. The van der Waals surface area contributed by atoms with Crippen molar-refractivity contribution in [2.24, 2.45) is 5.92 Å². The van der Waals surface area contributed by atoms with Crippen molar-refractivity contribution in [1.29, 1.82) is 0 Å². The Bertz CT molecular complexity index is 1640. The van der Waals surface area contributed by atoms with Gasteiger partial charge in [-0.2, -0.15) is 0 Å². The third kappa shape index (κ3) is 3.24. The fraction of sp³-hybridized carbons (Fsp3) is 0.448. The van der Waals surface area contributed by atoms with Gasteiger partial charge < -0.3 is 19.7 Å². The second kappa shape index (κ2) is 8.20. The highest BCUT2D eigenvalue weighted by Gasteiger charge is 2.39. The second-order valence-electron chi connectivity index (χ2n) is 11.0. The summed E-state index contributed by atoms with van der Waals surface area (Å²) in [6.07, 6.45) is 2.24. The number of cyclic esters (lactones) is 1. The molecule has 1 saturated carbocycles. The molecule has 9 heteroatoms. The summed E-state index contributed by atoms with van der Waals surface area (Å²) in [5.74, 6) is -1.61. The molecule has 1 amide bonds. The Labute approximate surface area is 217 Å². The summed E-state index contributed by atoms with van der Waals surface area (Å²) >= 11 is 0. The Morgan fingerprint density at radius 2 is 2.03 bits per heavy atom. The van der Waals surface area contributed by atoms with Gasteiger partial charge in [0, 0.05) is 17.0 Å². The molecular weight excluding hydrogens is 489 g/mol. The lowest BCUT2D eigenvalue weighted by Gasteiger charge is -2.30. The lowest BCUT2D eigenvalue weighted by Crippen LogP contribution is -2.39. The number of aliphatic hydroxyl groups excluding tert-OH is 1. The van der Waals surface area contributed by atoms with Gasteiger partial charge in [0.15, 0.2) is 0 Å². The van der Waals surface area contributed by atoms with Crippen molar-refractivity contribution < 1.29 is 23.8 Å². The number of aliphatic hydroxyl groups is 1. The first-order valence-corrected chi connectivity index (χ1v) is 13.3. The van der Waals surface area contributed by atoms with Crippen LogP contribution in [-0.4, -0.2) is 32.6 Å². The van der Waals surface area contributed by atoms with Crippen molar-refractivity contribution in [3.8, 4) is 11.4 Å². The summed E-state index contributed by atoms with van der Waals surface area (Å²) in [7, 11) is 0. The molecule has 0 radical (unpaired) electrons. The minimum atomic E-state index is -1.05. The molecule has 8 nitrogen and oxygen atoms in total. The molecule has 38 heavy (non-hydrogen) atoms. The number of nitrogens with one attached hydrogen (secondary N) is 1. The van der Waals surface area contributed by atoms with Crippen LogP contribution in [0, 0.1) is 18.7 Å². The van der Waals surface area contributed by atoms with Gasteiger partial charge in [0.1, 0.15) is 18.5 Å². The van der Waals surface area contributed by atoms with Crippen molar-refractivity contribution >= 4 is 22.8 Å². The van der Waals surface area contributed by atoms with Gasteiger partial charge in [0.25, 0.3) is 5.56 Å². The first-order chi connectivity index (χ1) is 18.3. The van der Waals surface area contributed by atoms with Crippen LogP contribution in [0.2, 0.25) is 0 Å². The van der Waals surface area contributed by atoms with Crippen LogP contribution < -0.4 is 10.9 Å². The van der Waals surface area contributed by atoms with Crippen molar-refractivity contribution in [2.75, 3.05) is 0 Å². The van der Waals surface area contributed by atoms with Crippen LogP contribution in [0.1, 0.15) is 77.9 Å². The third-order valence-electron chi connectivity index (χ3n) is 8.85. The van der Waals surface area contributed by atoms with E-state index in [2.05, 4.69) is 5.32 Å². The number of pyridine rings is 2. The largest absolute Gasteiger partial charge is 0.460 e. The summed E-state index contributed by atoms with van der Waals surface area (Å²) in [6.45, 7) is 3.83. The molecule has 4 heterocycles. The zero-order valence-corrected chi connectivity index (χ0v) is 21.3. The summed E-state index contributed by atoms with van der Waals surface area (Å²) in [6, 6.07) is 2.88. The maximum absolute atomic E-state index is 15.0. The van der Waals surface area contributed by atoms with E-state index in [0.717, 1.165) is 34.9 Å². The highest BCUT2D eigenvalue weighted by Crippen LogP contribution is 2.45. The average Bonchev–Trinajstić information content (AvgIpc) is 3.69. The number of fused-ring (bicyclic) bond motifs is 5. The first-order valence-electron chi connectivity index (χ1n) is 13.3. The van der Waals surface area contributed by atoms with E-state index >= 15 is 0 Å². The second-order valence-corrected chi connectivity index (χ2v) is 11.0. The fourth-order valence-electron chi connectivity index (χ4n) is 6.60. The van der Waals surface area contributed by atoms with Gasteiger partial charge in [-0.1, -0.05) is 6.92 Å². The lowest BCUT2D eigenvalue weighted by molar-refractivity contribution is -0.148. The van der Waals surface area contributed by atoms with Crippen LogP contribution in [0.4, 0.5) is 4.39 Å². The number of rotatable bonds is 4. The normalized spacial score (nSPS) is 21.9. The Morgan fingerprint density at radius 1 is 1.24 bits per heavy atom. The number of carbonyl (C=O) groups is 2. The van der Waals surface area contributed by atoms with Crippen LogP contribution >= 0.6 is 0 Å². The monoisotopic (exact) mass is 517 g/mol. The Hall–Kier alpha value is -3.59. The molecule has 2 aromatic heterocycles. The number of hydrogen-bond acceptors (Lipinski definition) is 6. The minimum absolute atomic E-state index is 0.00372. The molecule has 2 aliphatic carbocycles. The molecule has 1 aromatic carbocycles. The van der Waals surface area contributed by atoms with Crippen molar-refractivity contribution in [3.63, 3.8) is 0 Å². The number of carbonyl (C=O) groups excluding carboxylic acids is 2. The van der Waals surface area contributed by atoms with E-state index in [1.165, 1.54) is 6.07 Å². The van der Waals surface area contributed by atoms with E-state index in [1.807, 2.05) is 13.0 Å². The number of hydrogen-bond donors (Lipinski definition) is 2. The van der Waals surface area contributed by atoms with Crippen LogP contribution in [-0.2, 0) is 33.9 Å². The van der Waals surface area contributed by atoms with Crippen molar-refractivity contribution in [2.45, 2.75) is 77.2 Å². The number of esters is 1. The molecule has 0 bridgehead atoms. The molecule has 3 atom stereocenters. The van der Waals surface area contributed by atoms with Gasteiger partial charge in [-0.15, -0.1) is 0 Å². The summed E-state index contributed by atoms with van der Waals surface area (Å²) in [4.78, 5) is 43.9. The van der Waals surface area contributed by atoms with Crippen LogP contribution in [0.3, 0.4) is 0 Å². The molecule has 0 spiro atoms. The van der Waals surface area contributed by atoms with Gasteiger partial charge in [0.2, 0.25) is 5.91 Å². The number of amides is 1. The number of aromatic nitrogens is 2. The molecule has 0 saturated heterocycles. The molecule has 4 aliphatic rings. The third-order valence-corrected chi connectivity index (χ3v) is 8.85. The van der Waals surface area contributed by atoms with E-state index in [4.69, 9.17) is 9.72 Å². The number of ether oxygens (including phenoxy) is 1. The molecular formula is C29H28FN3O5. The number of nitrogens with zero attached hydrogens (tertiary/aromatic N) is 2. The molecule has 3 aromatic rings. The summed E-state index contributed by atoms with van der Waals surface area (Å²) < 4.78 is 21.9. The van der Waals surface area contributed by atoms with Crippen molar-refractivity contribution in [1.82, 2.24) is 14.9 Å². The van der Waals surface area contributed by atoms with E-state index in [1.54, 1.807) is 11.5 Å². The standard InChI is InChI=1S/C29H28FN3O5/c1-3-14-16-8-22-25-17(10-33(22)28(36)18(16)11-38-29(14)37)24-20(32-27(35)26(34)13-4-5-13)7-6-15-12(2)19(30)9-21(31-25)23(15)24/h8-9,13-14,20,26,34H,3-7,10-11H2,1-2H3,(H,32,35)/t14-,20+,26?/m1/s1. The topological polar surface area (TPSA) is 111 Å². The average molecular weight is 518 g/mol. The SMILES string of the molecule is CC[C@H]1C(=O)OCc2c1cc1n(c2=O)Cc2c-1nc1cc(F)c(C)c3c1c2[C@@H](NC(=O)C(O)C1CC1)CC3. The quantitative estimate of drug-likeness (QED) is 0.402. The van der Waals surface area contributed by atoms with E-state index in [-0.39, 0.29) is 36.4 Å². The van der Waals surface area contributed by atoms with Gasteiger partial charge in [0.05, 0.1) is 41.0 Å². The zero-order chi connectivity index (χ0) is 26.5. The molecule has 1 unspecified atom stereocenters. The molecule has 7 rings (SSSR count). The maximum atomic E-state index is 15.0. The zero-order valence-electron chi connectivity index (χ0n) is 21.3. The first kappa shape index (κ1) is 23.5. The summed E-state index contributed by atoms with van der Waals surface area (Å²) in [5.41, 5.74) is 5.64. The van der Waals surface area contributed by atoms with Crippen LogP contribution in [0.15, 0.2) is 16.9 Å². The maximum Gasteiger partial charge on any atom is 0.313 e. The molecule has 2 aliphatic heterocycles. The van der Waals surface area contributed by atoms with Crippen LogP contribution in [0.25, 0.3) is 22.3 Å². The smallest absolute Gasteiger partial charge is 0.313 e. The predicted octanol–water partition coefficient (Wildman–Crippen LogP) is 3.30. The van der Waals surface area contributed by atoms with Gasteiger partial charge in [-0.25, -0.2) is 9.37 Å². The summed E-state index contributed by atoms with van der Waals surface area (Å²) in [5, 5.41) is 14.3.